The van der Waals surface area contributed by atoms with Gasteiger partial charge in [-0.15, -0.1) is 5.10 Å². The molecule has 4 heterocycles. The van der Waals surface area contributed by atoms with E-state index in [4.69, 9.17) is 5.73 Å². The summed E-state index contributed by atoms with van der Waals surface area (Å²) in [6, 6.07) is 5.33. The third-order valence-corrected chi connectivity index (χ3v) is 4.96. The van der Waals surface area contributed by atoms with Crippen molar-refractivity contribution in [2.24, 2.45) is 10.7 Å². The van der Waals surface area contributed by atoms with Gasteiger partial charge in [0.25, 0.3) is 11.8 Å². The van der Waals surface area contributed by atoms with Crippen molar-refractivity contribution in [1.82, 2.24) is 24.5 Å². The zero-order valence-electron chi connectivity index (χ0n) is 17.2. The van der Waals surface area contributed by atoms with Gasteiger partial charge in [-0.2, -0.15) is 0 Å². The van der Waals surface area contributed by atoms with E-state index >= 15 is 0 Å². The Morgan fingerprint density at radius 2 is 2.06 bits per heavy atom. The molecule has 0 atom stereocenters. The Labute approximate surface area is 178 Å². The average molecular weight is 418 g/mol. The smallest absolute Gasteiger partial charge is 0.274 e. The second-order valence-corrected chi connectivity index (χ2v) is 7.16. The van der Waals surface area contributed by atoms with Crippen LogP contribution in [0.4, 0.5) is 5.69 Å². The minimum atomic E-state index is -0.528. The summed E-state index contributed by atoms with van der Waals surface area (Å²) in [4.78, 5) is 39.7. The van der Waals surface area contributed by atoms with Crippen LogP contribution in [-0.4, -0.2) is 62.1 Å². The van der Waals surface area contributed by atoms with E-state index in [2.05, 4.69) is 25.4 Å². The van der Waals surface area contributed by atoms with E-state index in [1.807, 2.05) is 13.0 Å². The first-order valence-electron chi connectivity index (χ1n) is 9.78. The lowest BCUT2D eigenvalue weighted by atomic mass is 10.1. The van der Waals surface area contributed by atoms with Crippen molar-refractivity contribution in [3.05, 3.63) is 54.1 Å². The highest BCUT2D eigenvalue weighted by molar-refractivity contribution is 6.53. The van der Waals surface area contributed by atoms with Gasteiger partial charge >= 0.3 is 0 Å². The highest BCUT2D eigenvalue weighted by atomic mass is 16.2. The van der Waals surface area contributed by atoms with Gasteiger partial charge in [0.15, 0.2) is 11.5 Å². The Kier molecular flexibility index (Phi) is 5.44. The van der Waals surface area contributed by atoms with Gasteiger partial charge in [-0.1, -0.05) is 0 Å². The van der Waals surface area contributed by atoms with Crippen molar-refractivity contribution in [2.75, 3.05) is 25.5 Å². The Morgan fingerprint density at radius 1 is 1.26 bits per heavy atom. The number of aliphatic imine (C=N–C) groups is 1. The zero-order chi connectivity index (χ0) is 22.0. The first-order valence-corrected chi connectivity index (χ1v) is 9.78. The first kappa shape index (κ1) is 20.2. The van der Waals surface area contributed by atoms with Crippen molar-refractivity contribution >= 4 is 28.9 Å². The number of rotatable bonds is 5. The minimum absolute atomic E-state index is 0.0211. The Balaban J connectivity index is 1.55. The zero-order valence-corrected chi connectivity index (χ0v) is 17.2. The third-order valence-electron chi connectivity index (χ3n) is 4.96. The number of nitrogens with zero attached hydrogens (tertiary/aromatic N) is 6. The molecule has 10 nitrogen and oxygen atoms in total. The van der Waals surface area contributed by atoms with Crippen LogP contribution >= 0.6 is 0 Å². The maximum atomic E-state index is 12.8. The molecule has 4 rings (SSSR count). The molecule has 0 spiro atoms. The maximum Gasteiger partial charge on any atom is 0.274 e. The number of pyridine rings is 2. The fourth-order valence-corrected chi connectivity index (χ4v) is 3.23. The molecular weight excluding hydrogens is 396 g/mol. The molecule has 1 saturated heterocycles. The Bertz CT molecular complexity index is 1220. The van der Waals surface area contributed by atoms with Crippen molar-refractivity contribution < 1.29 is 9.59 Å². The lowest BCUT2D eigenvalue weighted by Crippen LogP contribution is -2.45. The van der Waals surface area contributed by atoms with E-state index < -0.39 is 5.91 Å². The molecule has 3 N–H and O–H groups in total. The summed E-state index contributed by atoms with van der Waals surface area (Å²) in [5.74, 6) is -0.294. The van der Waals surface area contributed by atoms with Crippen LogP contribution in [0.5, 0.6) is 0 Å². The molecule has 0 aliphatic carbocycles. The van der Waals surface area contributed by atoms with E-state index in [-0.39, 0.29) is 17.2 Å². The normalized spacial score (nSPS) is 14.5. The number of nitrogens with two attached hydrogens (primary N) is 1. The van der Waals surface area contributed by atoms with E-state index in [9.17, 15) is 9.59 Å². The summed E-state index contributed by atoms with van der Waals surface area (Å²) in [5, 5.41) is 7.21. The van der Waals surface area contributed by atoms with E-state index in [0.717, 1.165) is 23.7 Å². The number of aromatic nitrogens is 4. The molecular formula is C21H22N8O2. The number of hydrogen-bond donors (Lipinski definition) is 2. The van der Waals surface area contributed by atoms with Crippen molar-refractivity contribution in [3.8, 4) is 11.4 Å². The molecule has 0 radical (unpaired) electrons. The maximum absolute atomic E-state index is 12.8. The molecule has 158 valence electrons. The number of likely N-dealkylation sites (tertiary alicyclic amines) is 1. The van der Waals surface area contributed by atoms with Gasteiger partial charge in [-0.3, -0.25) is 19.6 Å². The van der Waals surface area contributed by atoms with Gasteiger partial charge in [0.2, 0.25) is 0 Å². The molecule has 0 bridgehead atoms. The summed E-state index contributed by atoms with van der Waals surface area (Å²) >= 11 is 0. The summed E-state index contributed by atoms with van der Waals surface area (Å²) in [7, 11) is 1.45. The van der Waals surface area contributed by atoms with Gasteiger partial charge in [0.1, 0.15) is 5.71 Å². The van der Waals surface area contributed by atoms with Crippen LogP contribution in [0.1, 0.15) is 12.0 Å². The number of anilines is 1. The molecule has 2 amide bonds. The average Bonchev–Trinajstić information content (AvgIpc) is 3.14. The van der Waals surface area contributed by atoms with Crippen LogP contribution in [0.2, 0.25) is 0 Å². The monoisotopic (exact) mass is 418 g/mol. The van der Waals surface area contributed by atoms with Crippen LogP contribution in [0.25, 0.3) is 17.0 Å². The summed E-state index contributed by atoms with van der Waals surface area (Å²) in [6.45, 7) is 3.25. The third kappa shape index (κ3) is 4.00. The van der Waals surface area contributed by atoms with Crippen LogP contribution in [0, 0.1) is 6.92 Å². The SMILES string of the molecule is CN=C(C(=O)Nc1ccn2nc(-c3cncc(C)c3)nc2c1)C(=CN)C(=O)N1CCC1. The number of aryl methyl sites for hydroxylation is 1. The highest BCUT2D eigenvalue weighted by Crippen LogP contribution is 2.19. The number of carbonyl (C=O) groups is 2. The molecule has 3 aromatic rings. The van der Waals surface area contributed by atoms with Crippen molar-refractivity contribution in [2.45, 2.75) is 13.3 Å². The fraction of sp³-hybridized carbons (Fsp3) is 0.238. The number of hydrogen-bond acceptors (Lipinski definition) is 7. The van der Waals surface area contributed by atoms with Crippen LogP contribution in [-0.2, 0) is 9.59 Å². The quantitative estimate of drug-likeness (QED) is 0.473. The number of amides is 2. The molecule has 0 unspecified atom stereocenters. The van der Waals surface area contributed by atoms with E-state index in [1.54, 1.807) is 40.1 Å². The number of carbonyl (C=O) groups excluding carboxylic acids is 2. The first-order chi connectivity index (χ1) is 15.0. The van der Waals surface area contributed by atoms with Crippen molar-refractivity contribution in [1.29, 1.82) is 0 Å². The van der Waals surface area contributed by atoms with E-state index in [1.165, 1.54) is 7.05 Å². The van der Waals surface area contributed by atoms with Gasteiger partial charge in [0, 0.05) is 62.2 Å². The molecule has 0 saturated carbocycles. The predicted octanol–water partition coefficient (Wildman–Crippen LogP) is 1.18. The number of nitrogens with one attached hydrogen (secondary N) is 1. The van der Waals surface area contributed by atoms with Crippen LogP contribution in [0.3, 0.4) is 0 Å². The van der Waals surface area contributed by atoms with Crippen LogP contribution in [0.15, 0.2) is 53.6 Å². The van der Waals surface area contributed by atoms with Crippen molar-refractivity contribution in [3.63, 3.8) is 0 Å². The fourth-order valence-electron chi connectivity index (χ4n) is 3.23. The Morgan fingerprint density at radius 3 is 2.71 bits per heavy atom. The molecule has 31 heavy (non-hydrogen) atoms. The standard InChI is InChI=1S/C21H22N8O2/c1-13-8-14(12-24-11-13)19-26-17-9-15(4-7-29(17)27-19)25-20(30)18(23-2)16(10-22)21(31)28-5-3-6-28/h4,7-12H,3,5-6,22H2,1-2H3,(H,25,30). The van der Waals surface area contributed by atoms with E-state index in [0.29, 0.717) is 30.2 Å². The molecule has 1 aliphatic heterocycles. The van der Waals surface area contributed by atoms with Gasteiger partial charge in [-0.05, 0) is 31.0 Å². The highest BCUT2D eigenvalue weighted by Gasteiger charge is 2.29. The summed E-state index contributed by atoms with van der Waals surface area (Å²) in [5.41, 5.74) is 8.56. The van der Waals surface area contributed by atoms with Gasteiger partial charge in [-0.25, -0.2) is 9.50 Å². The molecule has 1 fully saturated rings. The molecule has 0 aromatic carbocycles. The molecule has 10 heteroatoms. The van der Waals surface area contributed by atoms with Gasteiger partial charge < -0.3 is 16.0 Å². The van der Waals surface area contributed by atoms with Gasteiger partial charge in [0.05, 0.1) is 5.57 Å². The lowest BCUT2D eigenvalue weighted by Gasteiger charge is -2.31. The largest absolute Gasteiger partial charge is 0.404 e. The molecule has 1 aliphatic rings. The number of fused-ring (bicyclic) bond motifs is 1. The predicted molar refractivity (Wildman–Crippen MR) is 116 cm³/mol. The topological polar surface area (TPSA) is 131 Å². The Hall–Kier alpha value is -4.08. The van der Waals surface area contributed by atoms with Crippen LogP contribution < -0.4 is 11.1 Å². The lowest BCUT2D eigenvalue weighted by molar-refractivity contribution is -0.130. The second kappa shape index (κ2) is 8.34. The molecule has 3 aromatic heterocycles. The second-order valence-electron chi connectivity index (χ2n) is 7.16. The summed E-state index contributed by atoms with van der Waals surface area (Å²) in [6.07, 6.45) is 7.22. The minimum Gasteiger partial charge on any atom is -0.404 e. The summed E-state index contributed by atoms with van der Waals surface area (Å²) < 4.78 is 1.61.